The molecule has 8 saturated heterocycles. The van der Waals surface area contributed by atoms with Crippen molar-refractivity contribution in [2.75, 3.05) is 60.0 Å². The molecular formula is C50H86Na8O64P8. The van der Waals surface area contributed by atoms with E-state index >= 15 is 0 Å². The molecule has 130 heavy (non-hydrogen) atoms. The zero-order valence-electron chi connectivity index (χ0n) is 69.4. The van der Waals surface area contributed by atoms with Gasteiger partial charge in [-0.2, -0.15) is 0 Å². The van der Waals surface area contributed by atoms with Crippen LogP contribution in [0.2, 0.25) is 0 Å². The third kappa shape index (κ3) is 40.7. The molecule has 0 amide bonds. The van der Waals surface area contributed by atoms with Crippen LogP contribution in [0.1, 0.15) is 6.92 Å². The van der Waals surface area contributed by atoms with Crippen LogP contribution in [-0.2, 0) is 149 Å². The number of rotatable bonds is 39. The van der Waals surface area contributed by atoms with E-state index in [0.717, 1.165) is 7.11 Å². The molecule has 48 atom stereocenters. The molecule has 8 heterocycles. The minimum absolute atomic E-state index is 0. The fourth-order valence-electron chi connectivity index (χ4n) is 13.1. The van der Waals surface area contributed by atoms with Gasteiger partial charge in [0.25, 0.3) is 62.6 Å². The summed E-state index contributed by atoms with van der Waals surface area (Å²) < 4.78 is 218. The second kappa shape index (κ2) is 58.3. The Labute approximate surface area is 908 Å². The van der Waals surface area contributed by atoms with E-state index in [1.54, 1.807) is 0 Å². The van der Waals surface area contributed by atoms with Crippen molar-refractivity contribution in [3.63, 3.8) is 0 Å². The molecule has 718 valence electrons. The van der Waals surface area contributed by atoms with Gasteiger partial charge >= 0.3 is 236 Å². The van der Waals surface area contributed by atoms with Crippen molar-refractivity contribution >= 4 is 62.6 Å². The van der Waals surface area contributed by atoms with Crippen molar-refractivity contribution in [3.8, 4) is 0 Å². The van der Waals surface area contributed by atoms with Crippen LogP contribution in [0.15, 0.2) is 0 Å². The third-order valence-electron chi connectivity index (χ3n) is 19.0. The van der Waals surface area contributed by atoms with E-state index in [2.05, 4.69) is 36.2 Å². The summed E-state index contributed by atoms with van der Waals surface area (Å²) in [5.41, 5.74) is 0. The van der Waals surface area contributed by atoms with E-state index in [9.17, 15) is 192 Å². The Morgan fingerprint density at radius 2 is 0.323 bits per heavy atom. The molecule has 0 radical (unpaired) electrons. The first-order valence-electron chi connectivity index (χ1n) is 34.6. The molecule has 0 aliphatic carbocycles. The predicted molar refractivity (Wildman–Crippen MR) is 342 cm³/mol. The molecule has 8 aliphatic rings. The Bertz CT molecular complexity index is 3710. The van der Waals surface area contributed by atoms with Gasteiger partial charge in [-0.1, -0.05) is 6.92 Å². The summed E-state index contributed by atoms with van der Waals surface area (Å²) in [4.78, 5) is 171. The summed E-state index contributed by atoms with van der Waals surface area (Å²) in [6.45, 7) is -10.9. The van der Waals surface area contributed by atoms with Crippen molar-refractivity contribution in [1.82, 2.24) is 0 Å². The van der Waals surface area contributed by atoms with Gasteiger partial charge in [-0.25, -0.2) is 0 Å². The van der Waals surface area contributed by atoms with Crippen LogP contribution in [0, 0.1) is 5.92 Å². The van der Waals surface area contributed by atoms with Crippen molar-refractivity contribution in [3.05, 3.63) is 0 Å². The number of methoxy groups -OCH3 is 1. The van der Waals surface area contributed by atoms with Gasteiger partial charge in [-0.05, 0) is 0 Å². The maximum Gasteiger partial charge on any atom is 1.00 e. The summed E-state index contributed by atoms with van der Waals surface area (Å²) in [5.74, 6) is -1.25. The first-order valence-corrected chi connectivity index (χ1v) is 46.6. The number of hydrogen-bond donors (Lipinski definition) is 24. The van der Waals surface area contributed by atoms with Gasteiger partial charge < -0.3 is 272 Å². The normalized spacial score (nSPS) is 43.7. The van der Waals surface area contributed by atoms with Crippen LogP contribution in [-0.4, -0.2) is 420 Å². The summed E-state index contributed by atoms with van der Waals surface area (Å²) >= 11 is 0. The van der Waals surface area contributed by atoms with Crippen LogP contribution < -0.4 is 276 Å². The molecule has 0 aromatic rings. The zero-order chi connectivity index (χ0) is 91.7. The minimum Gasteiger partial charge on any atom is -0.756 e. The van der Waals surface area contributed by atoms with Crippen molar-refractivity contribution in [1.29, 1.82) is 0 Å². The molecule has 64 nitrogen and oxygen atoms in total. The maximum atomic E-state index is 12.1. The van der Waals surface area contributed by atoms with E-state index in [0.29, 0.717) is 0 Å². The van der Waals surface area contributed by atoms with E-state index in [-0.39, 0.29) is 236 Å². The summed E-state index contributed by atoms with van der Waals surface area (Å²) in [7, 11) is -46.1. The zero-order valence-corrected chi connectivity index (χ0v) is 92.5. The van der Waals surface area contributed by atoms with Crippen LogP contribution in [0.5, 0.6) is 0 Å². The van der Waals surface area contributed by atoms with E-state index in [4.69, 9.17) is 80.7 Å². The number of hydrogen-bond acceptors (Lipinski definition) is 56. The summed E-state index contributed by atoms with van der Waals surface area (Å²) in [6, 6.07) is 0. The van der Waals surface area contributed by atoms with Crippen LogP contribution in [0.25, 0.3) is 0 Å². The Morgan fingerprint density at radius 1 is 0.208 bits per heavy atom. The van der Waals surface area contributed by atoms with Gasteiger partial charge in [0.1, 0.15) is 177 Å². The summed E-state index contributed by atoms with van der Waals surface area (Å²) in [6.07, 6.45) is -97.0. The molecule has 24 unspecified atom stereocenters. The molecule has 0 bridgehead atoms. The largest absolute Gasteiger partial charge is 1.00 e. The van der Waals surface area contributed by atoms with E-state index in [1.165, 1.54) is 6.92 Å². The standard InChI is InChI=1S/C50H94O64P8.8Na/c1-11-12(3-92-115(67,68)69)100-44(28(59)20(11)51)108-37-14(5-94-117(73,74)75)102-46(30(61)22(37)53)110-39-16(7-96-119(79,80)81)104-48(32(63)24(39)55)112-41-18(9-98-121(85,86)87)106-50(34(65)26(41)57)114-42-19(10-99-122(88,89)90)107-49(35(66)27(42)58)113-40-17(8-97-120(82,83)84)105-47(33(64)25(40)56)111-38-15(6-95-118(76,77)78)103-45(31(62)23(38)54)109-36-13(4-93-116(70,71)72)101-43(91-2)29(60)21(36)52;;;;;;;;/h11-66H,3-10H2,1-2H3,(H2,67,68,69)(H2,70,71,72)(H2,73,74,75)(H2,76,77,78)(H2,79,80,81)(H2,82,83,84)(H2,85,86,87)(H2,88,89,90);;;;;;;;/q;8*+1/p-8/t11-,12?,13?,14?,15?,16?,17?,18?,19?,20+,21-,22-,23-,24-,25-,26-,27-,28?,29?,30?,31?,32?,33?,34?,35?,36+,37+,38+,39+,40+,41+,42+,43-,44+,45+,46+,47+,48+,49+,50+;;;;;;;;/m0......../s1. The van der Waals surface area contributed by atoms with Crippen molar-refractivity contribution in [2.45, 2.75) is 246 Å². The molecule has 0 aromatic heterocycles. The van der Waals surface area contributed by atoms with Gasteiger partial charge in [0.2, 0.25) is 0 Å². The molecule has 0 spiro atoms. The second-order valence-corrected chi connectivity index (χ2v) is 37.2. The number of ether oxygens (including phenoxy) is 16. The Morgan fingerprint density at radius 3 is 0.462 bits per heavy atom. The second-order valence-electron chi connectivity index (χ2n) is 27.6. The Balaban J connectivity index is 0.0000208. The fraction of sp³-hybridized carbons (Fsp3) is 1.00. The quantitative estimate of drug-likeness (QED) is 0.0201. The first kappa shape index (κ1) is 138. The minimum atomic E-state index is -6.05. The number of aliphatic hydroxyl groups is 16. The molecule has 0 aromatic carbocycles. The molecular weight excluding hydrogens is 2060 g/mol. The van der Waals surface area contributed by atoms with Gasteiger partial charge in [-0.15, -0.1) is 0 Å². The molecule has 0 saturated carbocycles. The average molecular weight is 2140 g/mol. The monoisotopic (exact) mass is 2140 g/mol. The molecule has 24 N–H and O–H groups in total. The number of phosphoric ester groups is 8. The topological polar surface area (TPSA) is 1030 Å². The Hall–Kier alpha value is 7.60. The van der Waals surface area contributed by atoms with Gasteiger partial charge in [0, 0.05) is 13.0 Å². The third-order valence-corrected chi connectivity index (χ3v) is 22.8. The molecule has 8 rings (SSSR count). The van der Waals surface area contributed by atoms with Crippen LogP contribution in [0.3, 0.4) is 0 Å². The molecule has 80 heteroatoms. The molecule has 8 aliphatic heterocycles. The molecule has 8 fully saturated rings. The van der Waals surface area contributed by atoms with E-state index in [1.807, 2.05) is 0 Å². The predicted octanol–water partition coefficient (Wildman–Crippen LogP) is -44.6. The van der Waals surface area contributed by atoms with E-state index < -0.39 is 361 Å². The Kier molecular flexibility index (Phi) is 61.7. The number of phosphoric acid groups is 8. The fourth-order valence-corrected chi connectivity index (χ4v) is 15.8. The average Bonchev–Trinajstić information content (AvgIpc) is 0.758. The summed E-state index contributed by atoms with van der Waals surface area (Å²) in [5, 5.41) is 182. The number of aliphatic hydroxyl groups excluding tert-OH is 16. The van der Waals surface area contributed by atoms with Gasteiger partial charge in [0.15, 0.2) is 50.3 Å². The van der Waals surface area contributed by atoms with Crippen LogP contribution >= 0.6 is 62.6 Å². The maximum absolute atomic E-state index is 12.1. The van der Waals surface area contributed by atoms with Crippen molar-refractivity contribution < 1.29 is 545 Å². The smallest absolute Gasteiger partial charge is 0.756 e. The van der Waals surface area contributed by atoms with Gasteiger partial charge in [-0.3, -0.25) is 36.5 Å². The first-order chi connectivity index (χ1) is 55.9. The SMILES string of the molecule is CO[C@H]1OC(COP(=O)([O-])O)[C@@H](O[C@H]2OC(COP(=O)([O-])O)[C@@H](O[C@H]3OC(COP(=O)([O-])O)[C@@H](O[C@H]4OC(COP(=O)([O-])O)[C@@H](O[C@H]5OC(COP(=O)([O-])O)[C@@H](O[C@H]6OC(COP(=O)([O-])O)[C@@H](O[C@H]7OC(COP(=O)([O-])O)[C@@H](O[C@H]8OC(COP(=O)([O-])O)[C@H](C)[C@@H](O)C8O)[C@@H](O)C7O)[C@@H](O)C6O)[C@@H](O)C5O)[C@@H](O)C4O)[C@@H](O)C3O)[C@@H](O)C2O)[C@@H](O)C1O.[Na+].[Na+].[Na+].[Na+].[Na+].[Na+].[Na+].[Na+]. The van der Waals surface area contributed by atoms with Crippen molar-refractivity contribution in [2.24, 2.45) is 5.92 Å². The van der Waals surface area contributed by atoms with Crippen LogP contribution in [0.4, 0.5) is 0 Å². The van der Waals surface area contributed by atoms with Gasteiger partial charge in [0.05, 0.1) is 65.1 Å².